The van der Waals surface area contributed by atoms with Gasteiger partial charge in [-0.2, -0.15) is 0 Å². The van der Waals surface area contributed by atoms with Gasteiger partial charge in [-0.25, -0.2) is 0 Å². The Bertz CT molecular complexity index is 687. The molecule has 3 heteroatoms. The van der Waals surface area contributed by atoms with Crippen LogP contribution in [0.1, 0.15) is 23.8 Å². The molecule has 1 aliphatic rings. The highest BCUT2D eigenvalue weighted by Crippen LogP contribution is 2.37. The molecule has 0 atom stereocenters. The van der Waals surface area contributed by atoms with Gasteiger partial charge in [-0.1, -0.05) is 29.8 Å². The lowest BCUT2D eigenvalue weighted by Gasteiger charge is -2.00. The Labute approximate surface area is 111 Å². The zero-order valence-corrected chi connectivity index (χ0v) is 10.9. The van der Waals surface area contributed by atoms with Gasteiger partial charge in [-0.05, 0) is 19.9 Å². The minimum atomic E-state index is -0.166. The summed E-state index contributed by atoms with van der Waals surface area (Å²) in [6.45, 7) is 3.47. The first-order valence-electron chi connectivity index (χ1n) is 6.19. The van der Waals surface area contributed by atoms with Gasteiger partial charge in [0.05, 0.1) is 5.57 Å². The molecule has 0 saturated carbocycles. The molecule has 0 saturated heterocycles. The van der Waals surface area contributed by atoms with Crippen LogP contribution in [-0.2, 0) is 11.2 Å². The van der Waals surface area contributed by atoms with E-state index in [-0.39, 0.29) is 11.5 Å². The number of allylic oxidation sites excluding steroid dienone is 2. The number of benzene rings is 1. The summed E-state index contributed by atoms with van der Waals surface area (Å²) < 4.78 is 5.76. The number of fused-ring (bicyclic) bond motifs is 1. The topological polar surface area (TPSA) is 50.4 Å². The van der Waals surface area contributed by atoms with Crippen LogP contribution in [0.5, 0.6) is 0 Å². The van der Waals surface area contributed by atoms with E-state index >= 15 is 0 Å². The van der Waals surface area contributed by atoms with Gasteiger partial charge in [0.25, 0.3) is 0 Å². The van der Waals surface area contributed by atoms with Crippen molar-refractivity contribution < 1.29 is 14.3 Å². The molecular formula is C16H14O3. The first-order valence-corrected chi connectivity index (χ1v) is 6.19. The fraction of sp³-hybridized carbons (Fsp3) is 0.188. The molecule has 2 aromatic rings. The van der Waals surface area contributed by atoms with E-state index in [9.17, 15) is 9.90 Å². The summed E-state index contributed by atoms with van der Waals surface area (Å²) in [7, 11) is 0. The minimum absolute atomic E-state index is 0.108. The molecular weight excluding hydrogens is 240 g/mol. The zero-order chi connectivity index (χ0) is 13.6. The number of hydrogen-bond donors (Lipinski definition) is 1. The number of carbonyl (C=O) groups excluding carboxylic acids is 1. The van der Waals surface area contributed by atoms with Gasteiger partial charge in [-0.15, -0.1) is 0 Å². The SMILES string of the molecule is CC(=O)C1=C(O)Cc2cc(-c3ccc(C)cc3)oc21. The van der Waals surface area contributed by atoms with Gasteiger partial charge < -0.3 is 9.52 Å². The molecule has 96 valence electrons. The standard InChI is InChI=1S/C16H14O3/c1-9-3-5-11(6-4-9)14-8-12-7-13(18)15(10(2)17)16(12)19-14/h3-6,8,18H,7H2,1-2H3. The van der Waals surface area contributed by atoms with Crippen molar-refractivity contribution in [2.45, 2.75) is 20.3 Å². The van der Waals surface area contributed by atoms with E-state index in [0.717, 1.165) is 16.9 Å². The Morgan fingerprint density at radius 1 is 1.26 bits per heavy atom. The summed E-state index contributed by atoms with van der Waals surface area (Å²) in [4.78, 5) is 11.5. The highest BCUT2D eigenvalue weighted by molar-refractivity contribution is 6.20. The first-order chi connectivity index (χ1) is 9.06. The third-order valence-corrected chi connectivity index (χ3v) is 3.37. The fourth-order valence-corrected chi connectivity index (χ4v) is 2.39. The Morgan fingerprint density at radius 3 is 2.58 bits per heavy atom. The highest BCUT2D eigenvalue weighted by Gasteiger charge is 2.29. The summed E-state index contributed by atoms with van der Waals surface area (Å²) in [6, 6.07) is 9.90. The summed E-state index contributed by atoms with van der Waals surface area (Å²) in [6.07, 6.45) is 0.375. The Kier molecular flexibility index (Phi) is 2.56. The van der Waals surface area contributed by atoms with Crippen LogP contribution in [0.2, 0.25) is 0 Å². The first kappa shape index (κ1) is 11.8. The van der Waals surface area contributed by atoms with E-state index in [0.29, 0.717) is 17.8 Å². The van der Waals surface area contributed by atoms with Crippen molar-refractivity contribution in [1.82, 2.24) is 0 Å². The van der Waals surface area contributed by atoms with Gasteiger partial charge in [0.15, 0.2) is 5.78 Å². The number of rotatable bonds is 2. The third kappa shape index (κ3) is 1.87. The predicted octanol–water partition coefficient (Wildman–Crippen LogP) is 3.67. The Hall–Kier alpha value is -2.29. The van der Waals surface area contributed by atoms with Crippen molar-refractivity contribution in [3.8, 4) is 11.3 Å². The van der Waals surface area contributed by atoms with Crippen LogP contribution in [0.15, 0.2) is 40.5 Å². The molecule has 0 amide bonds. The van der Waals surface area contributed by atoms with E-state index in [1.807, 2.05) is 37.3 Å². The average molecular weight is 254 g/mol. The van der Waals surface area contributed by atoms with Crippen LogP contribution in [-0.4, -0.2) is 10.9 Å². The van der Waals surface area contributed by atoms with Crippen LogP contribution < -0.4 is 0 Å². The number of furan rings is 1. The lowest BCUT2D eigenvalue weighted by atomic mass is 10.1. The normalized spacial score (nSPS) is 13.8. The smallest absolute Gasteiger partial charge is 0.166 e. The van der Waals surface area contributed by atoms with Crippen molar-refractivity contribution in [2.24, 2.45) is 0 Å². The van der Waals surface area contributed by atoms with E-state index < -0.39 is 0 Å². The number of aliphatic hydroxyl groups excluding tert-OH is 1. The molecule has 1 aromatic carbocycles. The second-order valence-electron chi connectivity index (χ2n) is 4.89. The van der Waals surface area contributed by atoms with Crippen molar-refractivity contribution in [3.63, 3.8) is 0 Å². The molecule has 19 heavy (non-hydrogen) atoms. The van der Waals surface area contributed by atoms with Gasteiger partial charge in [0.1, 0.15) is 17.3 Å². The van der Waals surface area contributed by atoms with Crippen LogP contribution in [0, 0.1) is 6.92 Å². The van der Waals surface area contributed by atoms with Crippen LogP contribution in [0.25, 0.3) is 16.9 Å². The van der Waals surface area contributed by atoms with Crippen molar-refractivity contribution in [3.05, 3.63) is 53.0 Å². The number of aliphatic hydroxyl groups is 1. The fourth-order valence-electron chi connectivity index (χ4n) is 2.39. The van der Waals surface area contributed by atoms with Crippen molar-refractivity contribution >= 4 is 11.4 Å². The van der Waals surface area contributed by atoms with Gasteiger partial charge >= 0.3 is 0 Å². The molecule has 1 aliphatic carbocycles. The molecule has 0 spiro atoms. The van der Waals surface area contributed by atoms with Gasteiger partial charge in [0.2, 0.25) is 0 Å². The maximum absolute atomic E-state index is 11.5. The van der Waals surface area contributed by atoms with Gasteiger partial charge in [-0.3, -0.25) is 4.79 Å². The molecule has 0 aliphatic heterocycles. The second kappa shape index (κ2) is 4.12. The van der Waals surface area contributed by atoms with Gasteiger partial charge in [0, 0.05) is 17.5 Å². The molecule has 0 bridgehead atoms. The number of carbonyl (C=O) groups is 1. The van der Waals surface area contributed by atoms with E-state index in [1.54, 1.807) is 0 Å². The summed E-state index contributed by atoms with van der Waals surface area (Å²) in [5, 5.41) is 9.77. The monoisotopic (exact) mass is 254 g/mol. The summed E-state index contributed by atoms with van der Waals surface area (Å²) in [5.41, 5.74) is 3.35. The van der Waals surface area contributed by atoms with E-state index in [2.05, 4.69) is 0 Å². The van der Waals surface area contributed by atoms with Crippen LogP contribution >= 0.6 is 0 Å². The highest BCUT2D eigenvalue weighted by atomic mass is 16.3. The maximum atomic E-state index is 11.5. The van der Waals surface area contributed by atoms with Crippen molar-refractivity contribution in [2.75, 3.05) is 0 Å². The molecule has 0 unspecified atom stereocenters. The molecule has 1 heterocycles. The van der Waals surface area contributed by atoms with E-state index in [4.69, 9.17) is 4.42 Å². The minimum Gasteiger partial charge on any atom is -0.511 e. The summed E-state index contributed by atoms with van der Waals surface area (Å²) in [5.74, 6) is 1.19. The Balaban J connectivity index is 2.06. The Morgan fingerprint density at radius 2 is 1.95 bits per heavy atom. The number of ketones is 1. The zero-order valence-electron chi connectivity index (χ0n) is 10.9. The molecule has 3 rings (SSSR count). The summed E-state index contributed by atoms with van der Waals surface area (Å²) >= 11 is 0. The lowest BCUT2D eigenvalue weighted by molar-refractivity contribution is -0.112. The number of Topliss-reactive ketones (excluding diaryl/α,β-unsaturated/α-hetero) is 1. The van der Waals surface area contributed by atoms with Crippen LogP contribution in [0.3, 0.4) is 0 Å². The van der Waals surface area contributed by atoms with E-state index in [1.165, 1.54) is 12.5 Å². The molecule has 0 fully saturated rings. The maximum Gasteiger partial charge on any atom is 0.166 e. The molecule has 0 radical (unpaired) electrons. The predicted molar refractivity (Wildman–Crippen MR) is 72.8 cm³/mol. The lowest BCUT2D eigenvalue weighted by Crippen LogP contribution is -1.95. The quantitative estimate of drug-likeness (QED) is 0.889. The largest absolute Gasteiger partial charge is 0.511 e. The molecule has 1 N–H and O–H groups in total. The average Bonchev–Trinajstić information content (AvgIpc) is 2.85. The number of hydrogen-bond acceptors (Lipinski definition) is 3. The second-order valence-corrected chi connectivity index (χ2v) is 4.89. The van der Waals surface area contributed by atoms with Crippen molar-refractivity contribution in [1.29, 1.82) is 0 Å². The third-order valence-electron chi connectivity index (χ3n) is 3.37. The molecule has 3 nitrogen and oxygen atoms in total. The number of aryl methyl sites for hydroxylation is 1. The molecule has 1 aromatic heterocycles. The van der Waals surface area contributed by atoms with Crippen LogP contribution in [0.4, 0.5) is 0 Å².